The Morgan fingerprint density at radius 1 is 1.35 bits per heavy atom. The lowest BCUT2D eigenvalue weighted by atomic mass is 9.94. The third-order valence-electron chi connectivity index (χ3n) is 4.13. The Bertz CT molecular complexity index is 926. The number of ketones is 1. The second-order valence-corrected chi connectivity index (χ2v) is 6.64. The van der Waals surface area contributed by atoms with Crippen LogP contribution in [0, 0.1) is 5.82 Å². The largest absolute Gasteiger partial charge is 0.394 e. The van der Waals surface area contributed by atoms with Gasteiger partial charge in [0.1, 0.15) is 12.4 Å². The van der Waals surface area contributed by atoms with Crippen LogP contribution in [0.3, 0.4) is 0 Å². The standard InChI is InChI=1S/C19H19FN2O3S/c1-26-13-3-2-12(17(20)9-13)8-15-14(19(24)11-25-7-6-23)4-5-18-16(15)10-21-22-18/h2-5,9-10,23H,6-8,11H2,1H3,(H,21,22). The predicted octanol–water partition coefficient (Wildman–Crippen LogP) is 3.21. The van der Waals surface area contributed by atoms with Gasteiger partial charge in [0.15, 0.2) is 5.78 Å². The number of aromatic nitrogens is 2. The number of benzene rings is 2. The minimum Gasteiger partial charge on any atom is -0.394 e. The number of thioether (sulfide) groups is 1. The summed E-state index contributed by atoms with van der Waals surface area (Å²) in [5.74, 6) is -0.509. The van der Waals surface area contributed by atoms with Crippen molar-refractivity contribution in [2.45, 2.75) is 11.3 Å². The molecule has 0 aliphatic carbocycles. The lowest BCUT2D eigenvalue weighted by Crippen LogP contribution is -2.14. The number of hydrogen-bond acceptors (Lipinski definition) is 5. The summed E-state index contributed by atoms with van der Waals surface area (Å²) in [6.07, 6.45) is 3.81. The van der Waals surface area contributed by atoms with E-state index in [0.29, 0.717) is 16.7 Å². The molecule has 7 heteroatoms. The number of carbonyl (C=O) groups excluding carboxylic acids is 1. The highest BCUT2D eigenvalue weighted by molar-refractivity contribution is 7.98. The summed E-state index contributed by atoms with van der Waals surface area (Å²) < 4.78 is 19.6. The number of Topliss-reactive ketones (excluding diaryl/α,β-unsaturated/α-hetero) is 1. The fraction of sp³-hybridized carbons (Fsp3) is 0.263. The molecular weight excluding hydrogens is 355 g/mol. The van der Waals surface area contributed by atoms with Crippen molar-refractivity contribution in [1.82, 2.24) is 10.2 Å². The van der Waals surface area contributed by atoms with Crippen molar-refractivity contribution < 1.29 is 19.0 Å². The van der Waals surface area contributed by atoms with E-state index in [1.54, 1.807) is 24.4 Å². The van der Waals surface area contributed by atoms with Crippen molar-refractivity contribution in [2.75, 3.05) is 26.1 Å². The molecule has 0 bridgehead atoms. The van der Waals surface area contributed by atoms with Crippen molar-refractivity contribution in [2.24, 2.45) is 0 Å². The zero-order valence-electron chi connectivity index (χ0n) is 14.3. The molecule has 0 aliphatic rings. The van der Waals surface area contributed by atoms with Gasteiger partial charge < -0.3 is 9.84 Å². The van der Waals surface area contributed by atoms with E-state index in [9.17, 15) is 9.18 Å². The number of carbonyl (C=O) groups is 1. The van der Waals surface area contributed by atoms with Gasteiger partial charge in [-0.1, -0.05) is 6.07 Å². The van der Waals surface area contributed by atoms with Crippen LogP contribution in [0.2, 0.25) is 0 Å². The molecule has 5 nitrogen and oxygen atoms in total. The smallest absolute Gasteiger partial charge is 0.188 e. The molecule has 0 fully saturated rings. The quantitative estimate of drug-likeness (QED) is 0.360. The van der Waals surface area contributed by atoms with E-state index in [2.05, 4.69) is 10.2 Å². The molecule has 0 spiro atoms. The number of fused-ring (bicyclic) bond motifs is 1. The van der Waals surface area contributed by atoms with Gasteiger partial charge in [0.2, 0.25) is 0 Å². The molecule has 0 saturated heterocycles. The van der Waals surface area contributed by atoms with Crippen molar-refractivity contribution in [3.05, 3.63) is 59.0 Å². The molecule has 3 rings (SSSR count). The van der Waals surface area contributed by atoms with Crippen LogP contribution in [0.4, 0.5) is 4.39 Å². The molecule has 0 amide bonds. The number of aliphatic hydroxyl groups excluding tert-OH is 1. The molecule has 1 aromatic heterocycles. The second kappa shape index (κ2) is 8.44. The fourth-order valence-electron chi connectivity index (χ4n) is 2.82. The maximum Gasteiger partial charge on any atom is 0.188 e. The van der Waals surface area contributed by atoms with Gasteiger partial charge in [-0.05, 0) is 41.6 Å². The summed E-state index contributed by atoms with van der Waals surface area (Å²) in [4.78, 5) is 13.4. The third-order valence-corrected chi connectivity index (χ3v) is 4.86. The number of aromatic amines is 1. The number of ether oxygens (including phenoxy) is 1. The Balaban J connectivity index is 1.98. The maximum atomic E-state index is 14.5. The third kappa shape index (κ3) is 3.95. The van der Waals surface area contributed by atoms with Gasteiger partial charge in [-0.2, -0.15) is 5.10 Å². The highest BCUT2D eigenvalue weighted by Gasteiger charge is 2.17. The van der Waals surface area contributed by atoms with Gasteiger partial charge in [0, 0.05) is 22.3 Å². The molecule has 0 aliphatic heterocycles. The first-order valence-electron chi connectivity index (χ1n) is 8.13. The molecule has 0 saturated carbocycles. The lowest BCUT2D eigenvalue weighted by Gasteiger charge is -2.12. The van der Waals surface area contributed by atoms with Crippen LogP contribution in [0.1, 0.15) is 21.5 Å². The molecule has 136 valence electrons. The van der Waals surface area contributed by atoms with E-state index in [-0.39, 0.29) is 37.8 Å². The first-order valence-corrected chi connectivity index (χ1v) is 9.35. The van der Waals surface area contributed by atoms with E-state index in [4.69, 9.17) is 9.84 Å². The van der Waals surface area contributed by atoms with Gasteiger partial charge in [-0.25, -0.2) is 4.39 Å². The molecule has 1 heterocycles. The van der Waals surface area contributed by atoms with Crippen LogP contribution in [0.15, 0.2) is 41.4 Å². The van der Waals surface area contributed by atoms with Gasteiger partial charge in [0.05, 0.1) is 24.9 Å². The normalized spacial score (nSPS) is 11.2. The van der Waals surface area contributed by atoms with Crippen LogP contribution in [0.25, 0.3) is 10.9 Å². The molecule has 0 radical (unpaired) electrons. The van der Waals surface area contributed by atoms with Crippen molar-refractivity contribution in [1.29, 1.82) is 0 Å². The number of hydrogen-bond donors (Lipinski definition) is 2. The maximum absolute atomic E-state index is 14.5. The van der Waals surface area contributed by atoms with Crippen LogP contribution in [0.5, 0.6) is 0 Å². The second-order valence-electron chi connectivity index (χ2n) is 5.76. The molecule has 3 aromatic rings. The molecule has 0 atom stereocenters. The zero-order valence-corrected chi connectivity index (χ0v) is 15.1. The van der Waals surface area contributed by atoms with Gasteiger partial charge in [0.25, 0.3) is 0 Å². The minimum atomic E-state index is -0.299. The SMILES string of the molecule is CSc1ccc(Cc2c(C(=O)COCCO)ccc3[nH]ncc23)c(F)c1. The number of nitrogens with zero attached hydrogens (tertiary/aromatic N) is 1. The van der Waals surface area contributed by atoms with Crippen LogP contribution in [-0.2, 0) is 11.2 Å². The Labute approximate surface area is 154 Å². The summed E-state index contributed by atoms with van der Waals surface area (Å²) in [6.45, 7) is -0.182. The monoisotopic (exact) mass is 374 g/mol. The topological polar surface area (TPSA) is 75.2 Å². The van der Waals surface area contributed by atoms with E-state index in [0.717, 1.165) is 15.8 Å². The first kappa shape index (κ1) is 18.6. The van der Waals surface area contributed by atoms with Gasteiger partial charge in [-0.3, -0.25) is 9.89 Å². The van der Waals surface area contributed by atoms with Crippen LogP contribution >= 0.6 is 11.8 Å². The van der Waals surface area contributed by atoms with E-state index < -0.39 is 0 Å². The summed E-state index contributed by atoms with van der Waals surface area (Å²) >= 11 is 1.48. The summed E-state index contributed by atoms with van der Waals surface area (Å²) in [5, 5.41) is 16.5. The molecule has 2 N–H and O–H groups in total. The summed E-state index contributed by atoms with van der Waals surface area (Å²) in [6, 6.07) is 8.59. The zero-order chi connectivity index (χ0) is 18.5. The van der Waals surface area contributed by atoms with Crippen molar-refractivity contribution >= 4 is 28.4 Å². The van der Waals surface area contributed by atoms with E-state index in [1.165, 1.54) is 17.8 Å². The molecule has 0 unspecified atom stereocenters. The van der Waals surface area contributed by atoms with Gasteiger partial charge >= 0.3 is 0 Å². The Morgan fingerprint density at radius 3 is 2.92 bits per heavy atom. The van der Waals surface area contributed by atoms with Crippen LogP contribution in [-0.4, -0.2) is 47.2 Å². The van der Waals surface area contributed by atoms with Crippen molar-refractivity contribution in [3.63, 3.8) is 0 Å². The highest BCUT2D eigenvalue weighted by Crippen LogP contribution is 2.27. The number of halogens is 1. The van der Waals surface area contributed by atoms with Crippen molar-refractivity contribution in [3.8, 4) is 0 Å². The number of H-pyrrole nitrogens is 1. The average molecular weight is 374 g/mol. The lowest BCUT2D eigenvalue weighted by molar-refractivity contribution is 0.0663. The van der Waals surface area contributed by atoms with Gasteiger partial charge in [-0.15, -0.1) is 11.8 Å². The highest BCUT2D eigenvalue weighted by atomic mass is 32.2. The fourth-order valence-corrected chi connectivity index (χ4v) is 3.25. The molecule has 26 heavy (non-hydrogen) atoms. The Hall–Kier alpha value is -2.22. The Morgan fingerprint density at radius 2 is 2.19 bits per heavy atom. The number of rotatable bonds is 8. The Kier molecular flexibility index (Phi) is 6.03. The first-order chi connectivity index (χ1) is 12.6. The van der Waals surface area contributed by atoms with E-state index in [1.807, 2.05) is 12.3 Å². The van der Waals surface area contributed by atoms with E-state index >= 15 is 0 Å². The summed E-state index contributed by atoms with van der Waals surface area (Å²) in [5.41, 5.74) is 2.49. The summed E-state index contributed by atoms with van der Waals surface area (Å²) in [7, 11) is 0. The molecular formula is C19H19FN2O3S. The predicted molar refractivity (Wildman–Crippen MR) is 99.3 cm³/mol. The average Bonchev–Trinajstić information content (AvgIpc) is 3.12. The minimum absolute atomic E-state index is 0.0970. The molecule has 2 aromatic carbocycles. The van der Waals surface area contributed by atoms with Crippen LogP contribution < -0.4 is 0 Å². The number of nitrogens with one attached hydrogen (secondary N) is 1. The number of aliphatic hydroxyl groups is 1.